The van der Waals surface area contributed by atoms with Crippen molar-refractivity contribution in [3.05, 3.63) is 23.8 Å². The van der Waals surface area contributed by atoms with Crippen LogP contribution in [-0.4, -0.2) is 19.3 Å². The summed E-state index contributed by atoms with van der Waals surface area (Å²) in [6.07, 6.45) is 1.33. The van der Waals surface area contributed by atoms with E-state index in [1.807, 2.05) is 12.1 Å². The van der Waals surface area contributed by atoms with Crippen LogP contribution in [0.25, 0.3) is 0 Å². The van der Waals surface area contributed by atoms with Gasteiger partial charge in [-0.15, -0.1) is 0 Å². The second kappa shape index (κ2) is 6.50. The third-order valence-electron chi connectivity index (χ3n) is 3.12. The molecule has 3 nitrogen and oxygen atoms in total. The van der Waals surface area contributed by atoms with Crippen molar-refractivity contribution in [1.29, 1.82) is 0 Å². The highest BCUT2D eigenvalue weighted by Gasteiger charge is 2.16. The molecule has 2 atom stereocenters. The fraction of sp³-hybridized carbons (Fsp3) is 0.571. The maximum atomic E-state index is 10.2. The molecule has 0 aromatic heterocycles. The molecule has 0 aliphatic heterocycles. The predicted octanol–water partition coefficient (Wildman–Crippen LogP) is 3.17. The smallest absolute Gasteiger partial charge is 0.128 e. The largest absolute Gasteiger partial charge is 0.497 e. The van der Waals surface area contributed by atoms with E-state index in [0.29, 0.717) is 11.7 Å². The Bertz CT molecular complexity index is 349. The first kappa shape index (κ1) is 13.8. The summed E-state index contributed by atoms with van der Waals surface area (Å²) in [4.78, 5) is 0. The molecule has 0 aliphatic carbocycles. The maximum Gasteiger partial charge on any atom is 0.128 e. The summed E-state index contributed by atoms with van der Waals surface area (Å²) >= 11 is 0. The van der Waals surface area contributed by atoms with Crippen LogP contribution >= 0.6 is 0 Å². The first-order valence-corrected chi connectivity index (χ1v) is 6.02. The summed E-state index contributed by atoms with van der Waals surface area (Å²) in [6, 6.07) is 5.51. The van der Waals surface area contributed by atoms with Gasteiger partial charge in [-0.2, -0.15) is 0 Å². The van der Waals surface area contributed by atoms with Gasteiger partial charge in [-0.05, 0) is 24.5 Å². The molecule has 1 rings (SSSR count). The number of rotatable bonds is 6. The van der Waals surface area contributed by atoms with Gasteiger partial charge in [-0.25, -0.2) is 0 Å². The summed E-state index contributed by atoms with van der Waals surface area (Å²) < 4.78 is 10.4. The second-order valence-electron chi connectivity index (χ2n) is 4.37. The third-order valence-corrected chi connectivity index (χ3v) is 3.12. The van der Waals surface area contributed by atoms with Gasteiger partial charge < -0.3 is 14.6 Å². The number of hydrogen-bond acceptors (Lipinski definition) is 3. The van der Waals surface area contributed by atoms with Gasteiger partial charge in [-0.3, -0.25) is 0 Å². The molecule has 1 N–H and O–H groups in total. The topological polar surface area (TPSA) is 38.7 Å². The molecule has 1 aromatic rings. The van der Waals surface area contributed by atoms with Crippen LogP contribution in [-0.2, 0) is 0 Å². The molecule has 0 fully saturated rings. The van der Waals surface area contributed by atoms with E-state index in [2.05, 4.69) is 13.8 Å². The Morgan fingerprint density at radius 1 is 1.24 bits per heavy atom. The van der Waals surface area contributed by atoms with Crippen molar-refractivity contribution in [1.82, 2.24) is 0 Å². The van der Waals surface area contributed by atoms with Gasteiger partial charge in [0.15, 0.2) is 0 Å². The Morgan fingerprint density at radius 3 is 2.47 bits per heavy atom. The van der Waals surface area contributed by atoms with E-state index < -0.39 is 6.10 Å². The fourth-order valence-electron chi connectivity index (χ4n) is 1.77. The molecule has 2 unspecified atom stereocenters. The van der Waals surface area contributed by atoms with Gasteiger partial charge >= 0.3 is 0 Å². The van der Waals surface area contributed by atoms with Crippen LogP contribution in [0.2, 0.25) is 0 Å². The molecular weight excluding hydrogens is 216 g/mol. The SMILES string of the molecule is CCC(C)CC(O)c1ccc(OC)cc1OC. The lowest BCUT2D eigenvalue weighted by Gasteiger charge is -2.18. The molecule has 0 saturated carbocycles. The normalized spacial score (nSPS) is 14.2. The van der Waals surface area contributed by atoms with Crippen molar-refractivity contribution in [3.63, 3.8) is 0 Å². The van der Waals surface area contributed by atoms with Crippen LogP contribution in [0.5, 0.6) is 11.5 Å². The van der Waals surface area contributed by atoms with Crippen molar-refractivity contribution >= 4 is 0 Å². The van der Waals surface area contributed by atoms with Crippen molar-refractivity contribution in [2.24, 2.45) is 5.92 Å². The molecule has 3 heteroatoms. The Labute approximate surface area is 103 Å². The molecule has 1 aromatic carbocycles. The van der Waals surface area contributed by atoms with Crippen LogP contribution in [0, 0.1) is 5.92 Å². The fourth-order valence-corrected chi connectivity index (χ4v) is 1.77. The molecule has 0 saturated heterocycles. The van der Waals surface area contributed by atoms with Crippen molar-refractivity contribution in [3.8, 4) is 11.5 Å². The summed E-state index contributed by atoms with van der Waals surface area (Å²) in [6.45, 7) is 4.27. The lowest BCUT2D eigenvalue weighted by atomic mass is 9.96. The third kappa shape index (κ3) is 3.63. The lowest BCUT2D eigenvalue weighted by molar-refractivity contribution is 0.143. The summed E-state index contributed by atoms with van der Waals surface area (Å²) in [5, 5.41) is 10.2. The number of aliphatic hydroxyl groups excluding tert-OH is 1. The Balaban J connectivity index is 2.88. The molecule has 96 valence electrons. The van der Waals surface area contributed by atoms with E-state index in [1.54, 1.807) is 20.3 Å². The monoisotopic (exact) mass is 238 g/mol. The average molecular weight is 238 g/mol. The average Bonchev–Trinajstić information content (AvgIpc) is 2.37. The second-order valence-corrected chi connectivity index (χ2v) is 4.37. The Morgan fingerprint density at radius 2 is 1.94 bits per heavy atom. The number of hydrogen-bond donors (Lipinski definition) is 1. The minimum absolute atomic E-state index is 0.481. The number of aliphatic hydroxyl groups is 1. The molecule has 0 bridgehead atoms. The van der Waals surface area contributed by atoms with Gasteiger partial charge in [0.05, 0.1) is 20.3 Å². The van der Waals surface area contributed by atoms with Crippen LogP contribution in [0.4, 0.5) is 0 Å². The summed E-state index contributed by atoms with van der Waals surface area (Å²) in [7, 11) is 3.22. The predicted molar refractivity (Wildman–Crippen MR) is 68.6 cm³/mol. The van der Waals surface area contributed by atoms with E-state index >= 15 is 0 Å². The van der Waals surface area contributed by atoms with Crippen LogP contribution in [0.15, 0.2) is 18.2 Å². The molecular formula is C14H22O3. The van der Waals surface area contributed by atoms with E-state index in [1.165, 1.54) is 0 Å². The quantitative estimate of drug-likeness (QED) is 0.827. The lowest BCUT2D eigenvalue weighted by Crippen LogP contribution is -2.05. The standard InChI is InChI=1S/C14H22O3/c1-5-10(2)8-13(15)12-7-6-11(16-3)9-14(12)17-4/h6-7,9-10,13,15H,5,8H2,1-4H3. The van der Waals surface area contributed by atoms with Crippen molar-refractivity contribution in [2.45, 2.75) is 32.8 Å². The zero-order valence-electron chi connectivity index (χ0n) is 11.1. The van der Waals surface area contributed by atoms with E-state index in [0.717, 1.165) is 24.2 Å². The Hall–Kier alpha value is -1.22. The van der Waals surface area contributed by atoms with E-state index in [9.17, 15) is 5.11 Å². The van der Waals surface area contributed by atoms with Gasteiger partial charge in [0.2, 0.25) is 0 Å². The molecule has 17 heavy (non-hydrogen) atoms. The summed E-state index contributed by atoms with van der Waals surface area (Å²) in [5.74, 6) is 1.92. The zero-order valence-corrected chi connectivity index (χ0v) is 11.1. The van der Waals surface area contributed by atoms with Crippen molar-refractivity contribution in [2.75, 3.05) is 14.2 Å². The van der Waals surface area contributed by atoms with Gasteiger partial charge in [-0.1, -0.05) is 20.3 Å². The summed E-state index contributed by atoms with van der Waals surface area (Å²) in [5.41, 5.74) is 0.827. The van der Waals surface area contributed by atoms with Crippen LogP contribution in [0.3, 0.4) is 0 Å². The highest BCUT2D eigenvalue weighted by Crippen LogP contribution is 2.32. The highest BCUT2D eigenvalue weighted by molar-refractivity contribution is 5.41. The molecule has 0 heterocycles. The van der Waals surface area contributed by atoms with Gasteiger partial charge in [0.25, 0.3) is 0 Å². The van der Waals surface area contributed by atoms with Crippen molar-refractivity contribution < 1.29 is 14.6 Å². The van der Waals surface area contributed by atoms with Gasteiger partial charge in [0, 0.05) is 11.6 Å². The van der Waals surface area contributed by atoms with E-state index in [4.69, 9.17) is 9.47 Å². The minimum atomic E-state index is -0.481. The molecule has 0 amide bonds. The van der Waals surface area contributed by atoms with Gasteiger partial charge in [0.1, 0.15) is 11.5 Å². The Kier molecular flexibility index (Phi) is 5.29. The minimum Gasteiger partial charge on any atom is -0.497 e. The first-order chi connectivity index (χ1) is 8.12. The maximum absolute atomic E-state index is 10.2. The number of ether oxygens (including phenoxy) is 2. The van der Waals surface area contributed by atoms with Crippen LogP contribution < -0.4 is 9.47 Å². The zero-order chi connectivity index (χ0) is 12.8. The van der Waals surface area contributed by atoms with Crippen LogP contribution in [0.1, 0.15) is 38.4 Å². The number of benzene rings is 1. The molecule has 0 radical (unpaired) electrons. The molecule has 0 aliphatic rings. The van der Waals surface area contributed by atoms with E-state index in [-0.39, 0.29) is 0 Å². The number of methoxy groups -OCH3 is 2. The first-order valence-electron chi connectivity index (χ1n) is 6.02. The molecule has 0 spiro atoms. The highest BCUT2D eigenvalue weighted by atomic mass is 16.5.